The molecular formula is C37H35N7O5S. The standard InChI is InChI=1S/C37H35N7O5S/c1-46-30-17-15-25(16-18-30)21-44(29-19-31(47-2)36(49-4)32(20-29)48-3)33(45)23-43-22-28(39-42-43)24-50-37-38-34(26-11-7-5-8-12-26)35(40-41-37)27-13-9-6-10-14-27/h5-20,22H,21,23-24H2,1-4H3. The zero-order valence-electron chi connectivity index (χ0n) is 28.0. The van der Waals surface area contributed by atoms with E-state index in [9.17, 15) is 4.79 Å². The van der Waals surface area contributed by atoms with Crippen LogP contribution < -0.4 is 23.8 Å². The van der Waals surface area contributed by atoms with E-state index in [-0.39, 0.29) is 19.0 Å². The van der Waals surface area contributed by atoms with Crippen LogP contribution in [0.25, 0.3) is 22.5 Å². The van der Waals surface area contributed by atoms with E-state index in [2.05, 4.69) is 20.5 Å². The molecule has 6 rings (SSSR count). The van der Waals surface area contributed by atoms with E-state index in [0.29, 0.717) is 45.2 Å². The Kier molecular flexibility index (Phi) is 10.8. The van der Waals surface area contributed by atoms with Crippen molar-refractivity contribution in [3.05, 3.63) is 115 Å². The minimum Gasteiger partial charge on any atom is -0.497 e. The zero-order valence-corrected chi connectivity index (χ0v) is 28.8. The second-order valence-electron chi connectivity index (χ2n) is 10.9. The van der Waals surface area contributed by atoms with Gasteiger partial charge in [0.25, 0.3) is 0 Å². The summed E-state index contributed by atoms with van der Waals surface area (Å²) in [5.41, 5.74) is 5.44. The van der Waals surface area contributed by atoms with Crippen LogP contribution in [-0.2, 0) is 23.6 Å². The Hall–Kier alpha value is -5.95. The number of aromatic nitrogens is 6. The number of carbonyl (C=O) groups is 1. The Morgan fingerprint density at radius 1 is 0.740 bits per heavy atom. The van der Waals surface area contributed by atoms with Crippen LogP contribution in [0, 0.1) is 0 Å². The smallest absolute Gasteiger partial charge is 0.249 e. The third-order valence-electron chi connectivity index (χ3n) is 7.76. The van der Waals surface area contributed by atoms with Gasteiger partial charge in [0.05, 0.1) is 46.4 Å². The number of rotatable bonds is 14. The fraction of sp³-hybridized carbons (Fsp3) is 0.189. The number of ether oxygens (including phenoxy) is 4. The van der Waals surface area contributed by atoms with Gasteiger partial charge in [-0.25, -0.2) is 9.67 Å². The lowest BCUT2D eigenvalue weighted by molar-refractivity contribution is -0.119. The van der Waals surface area contributed by atoms with E-state index in [1.165, 1.54) is 37.8 Å². The molecule has 0 fully saturated rings. The molecule has 6 aromatic rings. The predicted molar refractivity (Wildman–Crippen MR) is 191 cm³/mol. The molecule has 0 bridgehead atoms. The third-order valence-corrected chi connectivity index (χ3v) is 8.63. The minimum atomic E-state index is -0.226. The molecule has 0 saturated heterocycles. The molecule has 0 saturated carbocycles. The van der Waals surface area contributed by atoms with Gasteiger partial charge in [-0.15, -0.1) is 15.3 Å². The molecule has 0 spiro atoms. The van der Waals surface area contributed by atoms with Crippen molar-refractivity contribution >= 4 is 23.4 Å². The first-order chi connectivity index (χ1) is 24.5. The number of nitrogens with zero attached hydrogens (tertiary/aromatic N) is 7. The monoisotopic (exact) mass is 689 g/mol. The number of anilines is 1. The topological polar surface area (TPSA) is 127 Å². The maximum absolute atomic E-state index is 14.0. The van der Waals surface area contributed by atoms with Gasteiger partial charge < -0.3 is 23.8 Å². The molecular weight excluding hydrogens is 655 g/mol. The summed E-state index contributed by atoms with van der Waals surface area (Å²) in [6.07, 6.45) is 1.75. The van der Waals surface area contributed by atoms with Crippen LogP contribution in [0.15, 0.2) is 108 Å². The van der Waals surface area contributed by atoms with Gasteiger partial charge >= 0.3 is 0 Å². The number of carbonyl (C=O) groups excluding carboxylic acids is 1. The van der Waals surface area contributed by atoms with E-state index in [1.54, 1.807) is 30.3 Å². The fourth-order valence-electron chi connectivity index (χ4n) is 5.26. The van der Waals surface area contributed by atoms with E-state index in [0.717, 1.165) is 28.1 Å². The number of amides is 1. The molecule has 0 radical (unpaired) electrons. The van der Waals surface area contributed by atoms with E-state index >= 15 is 0 Å². The van der Waals surface area contributed by atoms with Gasteiger partial charge in [0.15, 0.2) is 11.5 Å². The average Bonchev–Trinajstić information content (AvgIpc) is 3.63. The lowest BCUT2D eigenvalue weighted by Gasteiger charge is -2.25. The Labute approximate surface area is 294 Å². The highest BCUT2D eigenvalue weighted by atomic mass is 32.2. The highest BCUT2D eigenvalue weighted by Crippen LogP contribution is 2.41. The zero-order chi connectivity index (χ0) is 34.9. The van der Waals surface area contributed by atoms with Crippen molar-refractivity contribution in [2.75, 3.05) is 33.3 Å². The lowest BCUT2D eigenvalue weighted by Crippen LogP contribution is -2.33. The maximum Gasteiger partial charge on any atom is 0.249 e. The van der Waals surface area contributed by atoms with Crippen LogP contribution in [-0.4, -0.2) is 64.5 Å². The van der Waals surface area contributed by atoms with E-state index < -0.39 is 0 Å². The largest absolute Gasteiger partial charge is 0.497 e. The Bertz CT molecular complexity index is 2020. The van der Waals surface area contributed by atoms with Gasteiger partial charge in [0, 0.05) is 35.2 Å². The summed E-state index contributed by atoms with van der Waals surface area (Å²) in [5, 5.41) is 18.0. The normalized spacial score (nSPS) is 10.8. The summed E-state index contributed by atoms with van der Waals surface area (Å²) in [7, 11) is 6.21. The van der Waals surface area contributed by atoms with Crippen molar-refractivity contribution in [1.29, 1.82) is 0 Å². The Balaban J connectivity index is 1.21. The summed E-state index contributed by atoms with van der Waals surface area (Å²) in [6.45, 7) is 0.207. The SMILES string of the molecule is COc1ccc(CN(C(=O)Cn2cc(CSc3nnc(-c4ccccc4)c(-c4ccccc4)n3)nn2)c2cc(OC)c(OC)c(OC)c2)cc1. The number of methoxy groups -OCH3 is 4. The molecule has 0 aliphatic carbocycles. The van der Waals surface area contributed by atoms with Crippen LogP contribution in [0.5, 0.6) is 23.0 Å². The average molecular weight is 690 g/mol. The molecule has 4 aromatic carbocycles. The van der Waals surface area contributed by atoms with Crippen LogP contribution in [0.3, 0.4) is 0 Å². The minimum absolute atomic E-state index is 0.0630. The van der Waals surface area contributed by atoms with Gasteiger partial charge in [-0.05, 0) is 17.7 Å². The second kappa shape index (κ2) is 16.0. The van der Waals surface area contributed by atoms with Crippen molar-refractivity contribution in [3.63, 3.8) is 0 Å². The van der Waals surface area contributed by atoms with Crippen LogP contribution in [0.1, 0.15) is 11.3 Å². The van der Waals surface area contributed by atoms with Crippen molar-refractivity contribution < 1.29 is 23.7 Å². The lowest BCUT2D eigenvalue weighted by atomic mass is 10.0. The first-order valence-electron chi connectivity index (χ1n) is 15.6. The van der Waals surface area contributed by atoms with Crippen molar-refractivity contribution in [2.45, 2.75) is 24.0 Å². The van der Waals surface area contributed by atoms with Crippen molar-refractivity contribution in [2.24, 2.45) is 0 Å². The third kappa shape index (κ3) is 7.84. The molecule has 0 N–H and O–H groups in total. The summed E-state index contributed by atoms with van der Waals surface area (Å²) < 4.78 is 23.5. The number of benzene rings is 4. The molecule has 1 amide bonds. The van der Waals surface area contributed by atoms with Gasteiger partial charge in [-0.3, -0.25) is 4.79 Å². The molecule has 12 nitrogen and oxygen atoms in total. The first-order valence-corrected chi connectivity index (χ1v) is 16.6. The molecule has 0 aliphatic heterocycles. The summed E-state index contributed by atoms with van der Waals surface area (Å²) in [5.74, 6) is 2.21. The fourth-order valence-corrected chi connectivity index (χ4v) is 5.93. The molecule has 0 aliphatic rings. The Morgan fingerprint density at radius 2 is 1.38 bits per heavy atom. The van der Waals surface area contributed by atoms with Gasteiger partial charge in [0.1, 0.15) is 23.7 Å². The maximum atomic E-state index is 14.0. The molecule has 0 unspecified atom stereocenters. The van der Waals surface area contributed by atoms with Gasteiger partial charge in [-0.1, -0.05) is 89.8 Å². The molecule has 13 heteroatoms. The van der Waals surface area contributed by atoms with E-state index in [1.807, 2.05) is 84.9 Å². The van der Waals surface area contributed by atoms with Crippen LogP contribution >= 0.6 is 11.8 Å². The highest BCUT2D eigenvalue weighted by molar-refractivity contribution is 7.98. The summed E-state index contributed by atoms with van der Waals surface area (Å²) in [4.78, 5) is 20.5. The van der Waals surface area contributed by atoms with Gasteiger partial charge in [-0.2, -0.15) is 0 Å². The van der Waals surface area contributed by atoms with E-state index in [4.69, 9.17) is 23.9 Å². The molecule has 50 heavy (non-hydrogen) atoms. The van der Waals surface area contributed by atoms with Crippen LogP contribution in [0.4, 0.5) is 5.69 Å². The molecule has 0 atom stereocenters. The quantitative estimate of drug-likeness (QED) is 0.119. The van der Waals surface area contributed by atoms with Crippen molar-refractivity contribution in [1.82, 2.24) is 30.2 Å². The summed E-state index contributed by atoms with van der Waals surface area (Å²) >= 11 is 1.39. The number of hydrogen-bond acceptors (Lipinski definition) is 11. The first kappa shape index (κ1) is 33.9. The van der Waals surface area contributed by atoms with Gasteiger partial charge in [0.2, 0.25) is 16.8 Å². The Morgan fingerprint density at radius 3 is 1.98 bits per heavy atom. The molecule has 2 aromatic heterocycles. The molecule has 2 heterocycles. The number of hydrogen-bond donors (Lipinski definition) is 0. The molecule has 254 valence electrons. The predicted octanol–water partition coefficient (Wildman–Crippen LogP) is 6.36. The summed E-state index contributed by atoms with van der Waals surface area (Å²) in [6, 6.07) is 30.8. The van der Waals surface area contributed by atoms with Crippen molar-refractivity contribution in [3.8, 4) is 45.5 Å². The second-order valence-corrected chi connectivity index (χ2v) is 11.9. The van der Waals surface area contributed by atoms with Crippen LogP contribution in [0.2, 0.25) is 0 Å². The highest BCUT2D eigenvalue weighted by Gasteiger charge is 2.23. The number of thioether (sulfide) groups is 1.